The van der Waals surface area contributed by atoms with E-state index in [9.17, 15) is 24.5 Å². The Morgan fingerprint density at radius 3 is 1.19 bits per heavy atom. The number of hydrogen-bond donors (Lipinski definition) is 8. The molecule has 8 fully saturated rings. The number of methoxy groups -OCH3 is 2. The molecule has 8 N–H and O–H groups in total. The molecule has 122 heavy (non-hydrogen) atoms. The van der Waals surface area contributed by atoms with Crippen LogP contribution in [0, 0.1) is 95.2 Å². The largest absolute Gasteiger partial charge is 0.477 e. The molecule has 17 rings (SSSR count). The van der Waals surface area contributed by atoms with Gasteiger partial charge in [0.25, 0.3) is 0 Å². The second kappa shape index (κ2) is 51.1. The van der Waals surface area contributed by atoms with Gasteiger partial charge in [0.1, 0.15) is 31.0 Å². The van der Waals surface area contributed by atoms with Gasteiger partial charge in [-0.05, 0) is 203 Å². The molecule has 4 aromatic carbocycles. The number of rotatable bonds is 18. The molecule has 20 nitrogen and oxygen atoms in total. The maximum atomic E-state index is 13.0. The summed E-state index contributed by atoms with van der Waals surface area (Å²) in [4.78, 5) is 49.5. The summed E-state index contributed by atoms with van der Waals surface area (Å²) in [5.41, 5.74) is 14.5. The molecule has 8 aliphatic carbocycles. The summed E-state index contributed by atoms with van der Waals surface area (Å²) >= 11 is 0. The number of hydrogen-bond acceptors (Lipinski definition) is 19. The summed E-state index contributed by atoms with van der Waals surface area (Å²) in [5.74, 6) is 8.38. The van der Waals surface area contributed by atoms with E-state index in [-0.39, 0.29) is 128 Å². The van der Waals surface area contributed by atoms with Crippen LogP contribution in [0.1, 0.15) is 245 Å². The third-order valence-corrected chi connectivity index (χ3v) is 24.9. The van der Waals surface area contributed by atoms with Crippen molar-refractivity contribution in [1.82, 2.24) is 44.9 Å². The van der Waals surface area contributed by atoms with Crippen LogP contribution in [0.5, 0.6) is 0 Å². The van der Waals surface area contributed by atoms with Gasteiger partial charge in [-0.3, -0.25) is 24.3 Å². The first-order valence-corrected chi connectivity index (χ1v) is 42.3. The first-order chi connectivity index (χ1) is 56.5. The van der Waals surface area contributed by atoms with Gasteiger partial charge in [0.15, 0.2) is 12.6 Å². The summed E-state index contributed by atoms with van der Waals surface area (Å²) in [6.07, 6.45) is 27.7. The molecule has 5 heterocycles. The topological polar surface area (TPSA) is 313 Å². The first-order valence-electron chi connectivity index (χ1n) is 42.3. The third kappa shape index (κ3) is 31.2. The molecular formula is C97H124FIr4N9O11-4. The fraction of sp³-hybridized carbons (Fsp3) is 0.526. The van der Waals surface area contributed by atoms with Crippen LogP contribution in [0.15, 0.2) is 153 Å². The number of carbonyl (C=O) groups is 1. The average Bonchev–Trinajstić information content (AvgIpc) is 1.61. The van der Waals surface area contributed by atoms with Crippen molar-refractivity contribution in [2.75, 3.05) is 14.2 Å². The maximum absolute atomic E-state index is 13.0. The van der Waals surface area contributed by atoms with Crippen LogP contribution in [0.4, 0.5) is 4.39 Å². The van der Waals surface area contributed by atoms with Crippen molar-refractivity contribution in [1.29, 1.82) is 0 Å². The van der Waals surface area contributed by atoms with Gasteiger partial charge in [-0.15, -0.1) is 137 Å². The minimum atomic E-state index is -0.990. The van der Waals surface area contributed by atoms with Gasteiger partial charge in [-0.1, -0.05) is 91.5 Å². The van der Waals surface area contributed by atoms with Crippen LogP contribution in [-0.4, -0.2) is 143 Å². The second-order valence-corrected chi connectivity index (χ2v) is 35.7. The van der Waals surface area contributed by atoms with Crippen LogP contribution < -0.4 is 0 Å². The van der Waals surface area contributed by atoms with Crippen LogP contribution in [0.2, 0.25) is 0 Å². The van der Waals surface area contributed by atoms with Crippen LogP contribution in [-0.2, 0) is 96.5 Å². The normalized spacial score (nSPS) is 23.3. The van der Waals surface area contributed by atoms with E-state index in [4.69, 9.17) is 25.5 Å². The van der Waals surface area contributed by atoms with Gasteiger partial charge < -0.3 is 50.3 Å². The van der Waals surface area contributed by atoms with E-state index in [1.54, 1.807) is 57.4 Å². The molecule has 25 heteroatoms. The Hall–Kier alpha value is -6.01. The zero-order valence-corrected chi connectivity index (χ0v) is 81.6. The summed E-state index contributed by atoms with van der Waals surface area (Å²) in [6, 6.07) is 50.2. The summed E-state index contributed by atoms with van der Waals surface area (Å²) in [6.45, 7) is 17.4. The molecule has 8 saturated carbocycles. The monoisotopic (exact) mass is 2380 g/mol. The van der Waals surface area contributed by atoms with E-state index < -0.39 is 30.8 Å². The predicted molar refractivity (Wildman–Crippen MR) is 454 cm³/mol. The smallest absolute Gasteiger partial charge is 0.354 e. The number of ether oxygens (including phenoxy) is 2. The summed E-state index contributed by atoms with van der Waals surface area (Å²) in [7, 11) is 2.71. The second-order valence-electron chi connectivity index (χ2n) is 35.7. The SMILES string of the molecule is CC(C)(C)C(O)CC(O)C(C)(C)C.CC(O)CC(C)O.COC(O)CC(O)OC.Cc1c(-c2[c-]ccc(CO)c2)ncnc1C1CC2CCC1C2.Fc1c[c-]c(-c2cc(C3CC4CCC3C4)ncn2)cc1.O=C(O)c1ccccn1.[Ir].[Ir].[Ir].[Ir].[c-]1ccccc1-c1cc(C2CC3CCC2C3)ncn1.[c-]1ccccc1-c1cc(C2CC3CCC2C3)ncn1. The van der Waals surface area contributed by atoms with E-state index in [1.807, 2.05) is 96.1 Å². The summed E-state index contributed by atoms with van der Waals surface area (Å²) < 4.78 is 21.8. The van der Waals surface area contributed by atoms with Crippen molar-refractivity contribution in [3.8, 4) is 45.0 Å². The number of carboxylic acids is 1. The number of halogens is 1. The molecule has 18 unspecified atom stereocenters. The number of aliphatic hydroxyl groups is 7. The van der Waals surface area contributed by atoms with Crippen LogP contribution >= 0.6 is 0 Å². The van der Waals surface area contributed by atoms with Crippen molar-refractivity contribution < 1.29 is 140 Å². The Morgan fingerprint density at radius 1 is 0.459 bits per heavy atom. The number of aromatic carboxylic acids is 1. The fourth-order valence-corrected chi connectivity index (χ4v) is 18.4. The van der Waals surface area contributed by atoms with Gasteiger partial charge in [-0.2, -0.15) is 0 Å². The number of aliphatic hydroxyl groups excluding tert-OH is 7. The van der Waals surface area contributed by atoms with Crippen molar-refractivity contribution in [3.63, 3.8) is 0 Å². The minimum absolute atomic E-state index is 0. The fourth-order valence-electron chi connectivity index (χ4n) is 18.4. The Morgan fingerprint density at radius 2 is 0.869 bits per heavy atom. The molecule has 9 aromatic rings. The maximum Gasteiger partial charge on any atom is 0.354 e. The van der Waals surface area contributed by atoms with Gasteiger partial charge in [0, 0.05) is 166 Å². The molecule has 5 aromatic heterocycles. The first kappa shape index (κ1) is 105. The van der Waals surface area contributed by atoms with E-state index in [2.05, 4.69) is 116 Å². The zero-order valence-electron chi connectivity index (χ0n) is 72.0. The molecule has 670 valence electrons. The number of nitrogens with zero attached hydrogens (tertiary/aromatic N) is 9. The van der Waals surface area contributed by atoms with Crippen LogP contribution in [0.25, 0.3) is 45.0 Å². The van der Waals surface area contributed by atoms with Gasteiger partial charge >= 0.3 is 5.97 Å². The van der Waals surface area contributed by atoms with Crippen molar-refractivity contribution in [2.24, 2.45) is 58.2 Å². The number of aromatic nitrogens is 9. The van der Waals surface area contributed by atoms with Crippen molar-refractivity contribution in [2.45, 2.75) is 252 Å². The Kier molecular flexibility index (Phi) is 43.9. The number of pyridine rings is 1. The standard InChI is InChI=1S/C19H21N2O.C17H16FN2.2C17H17N2.C11H24O2.C6H5NO2.C5H12O4.C5H12O2.4Ir/c1-12-18(16-4-2-3-14(8-16)10-22)20-11-21-19(12)17-9-13-5-6-15(17)7-13;18-14-5-3-12(4-6-14)16-9-17(20-10-19-16)15-8-11-1-2-13(15)7-11;2*1-2-4-13(5-3-1)16-10-17(19-11-18-16)15-9-12-6-7-14(15)8-12;1-10(2,3)8(12)7-9(13)11(4,5)6;8-6(9)5-3-1-2-4-7-5;1-8-4(6)3-5(7)9-2;1-4(6)3-5(2)7;;;;/h2-3,8,11,13,15,17,22H,5-7,9-10H2,1H3;3,5-6,9-11,13,15H,1-2,7-8H2;2*1-4,10-12,14-15H,6-9H2;8-9,12-13H,7H2,1-6H3;1-4H,(H,8,9);4-7H,3H2,1-2H3;4-7H,3H2,1-2H3;;;;/q4*-1;;;;;;;;. The molecule has 8 aliphatic rings. The molecule has 4 radical (unpaired) electrons. The minimum Gasteiger partial charge on any atom is -0.477 e. The molecule has 8 bridgehead atoms. The van der Waals surface area contributed by atoms with E-state index in [0.29, 0.717) is 36.5 Å². The zero-order chi connectivity index (χ0) is 84.6. The number of fused-ring (bicyclic) bond motifs is 8. The van der Waals surface area contributed by atoms with E-state index in [0.717, 1.165) is 104 Å². The molecule has 0 spiro atoms. The Balaban J connectivity index is 0.000000221. The quantitative estimate of drug-likeness (QED) is 0.0292. The predicted octanol–water partition coefficient (Wildman–Crippen LogP) is 17.7. The Bertz CT molecular complexity index is 4390. The van der Waals surface area contributed by atoms with Gasteiger partial charge in [0.2, 0.25) is 0 Å². The van der Waals surface area contributed by atoms with E-state index in [1.165, 1.54) is 164 Å². The number of benzene rings is 4. The van der Waals surface area contributed by atoms with Crippen LogP contribution in [0.3, 0.4) is 0 Å². The molecule has 0 aliphatic heterocycles. The summed E-state index contributed by atoms with van der Waals surface area (Å²) in [5, 5.41) is 71.7. The number of carboxylic acid groups (broad SMARTS) is 1. The van der Waals surface area contributed by atoms with Gasteiger partial charge in [-0.25, -0.2) is 29.7 Å². The third-order valence-electron chi connectivity index (χ3n) is 24.9. The molecular weight excluding hydrogens is 2250 g/mol. The molecule has 18 atom stereocenters. The average molecular weight is 2380 g/mol. The van der Waals surface area contributed by atoms with Crippen molar-refractivity contribution in [3.05, 3.63) is 223 Å². The van der Waals surface area contributed by atoms with Gasteiger partial charge in [0.05, 0.1) is 31.0 Å². The van der Waals surface area contributed by atoms with Crippen molar-refractivity contribution >= 4 is 5.97 Å². The molecule has 0 saturated heterocycles. The Labute approximate surface area is 776 Å². The molecule has 0 amide bonds. The van der Waals surface area contributed by atoms with E-state index >= 15 is 0 Å².